The van der Waals surface area contributed by atoms with Gasteiger partial charge in [-0.15, -0.1) is 0 Å². The molecule has 0 atom stereocenters. The highest BCUT2D eigenvalue weighted by atomic mass is 16.3. The van der Waals surface area contributed by atoms with Crippen LogP contribution in [0.3, 0.4) is 0 Å². The number of aryl methyl sites for hydroxylation is 1. The molecule has 1 amide bonds. The Hall–Kier alpha value is -2.62. The molecule has 4 nitrogen and oxygen atoms in total. The van der Waals surface area contributed by atoms with E-state index in [9.17, 15) is 9.90 Å². The van der Waals surface area contributed by atoms with Gasteiger partial charge in [0, 0.05) is 0 Å². The van der Waals surface area contributed by atoms with Crippen LogP contribution in [0.2, 0.25) is 0 Å². The predicted molar refractivity (Wildman–Crippen MR) is 90.0 cm³/mol. The molecule has 0 bridgehead atoms. The van der Waals surface area contributed by atoms with Gasteiger partial charge in [0.25, 0.3) is 5.91 Å². The summed E-state index contributed by atoms with van der Waals surface area (Å²) < 4.78 is 0. The molecule has 0 aromatic heterocycles. The van der Waals surface area contributed by atoms with Gasteiger partial charge in [-0.25, -0.2) is 0 Å². The van der Waals surface area contributed by atoms with Crippen molar-refractivity contribution in [2.45, 2.75) is 31.6 Å². The van der Waals surface area contributed by atoms with E-state index < -0.39 is 11.3 Å². The standard InChI is InChI=1S/C19H20N2O2/c1-13-8-9-16(22)15(12-13)17(23)21-18(20)19(10-5-11-19)14-6-3-2-4-7-14/h2-4,6-9,12,22H,5,10-11H2,1H3,(H2,20,21,23). The third-order valence-electron chi connectivity index (χ3n) is 4.65. The summed E-state index contributed by atoms with van der Waals surface area (Å²) in [5.74, 6) is -0.289. The Morgan fingerprint density at radius 1 is 1.17 bits per heavy atom. The van der Waals surface area contributed by atoms with Crippen LogP contribution in [0.25, 0.3) is 0 Å². The number of phenols is 1. The molecule has 23 heavy (non-hydrogen) atoms. The van der Waals surface area contributed by atoms with Gasteiger partial charge in [0.05, 0.1) is 11.0 Å². The second-order valence-electron chi connectivity index (χ2n) is 6.15. The number of phenolic OH excluding ortho intramolecular Hbond substituents is 1. The summed E-state index contributed by atoms with van der Waals surface area (Å²) >= 11 is 0. The molecule has 0 radical (unpaired) electrons. The zero-order chi connectivity index (χ0) is 16.4. The largest absolute Gasteiger partial charge is 0.507 e. The maximum absolute atomic E-state index is 12.4. The Morgan fingerprint density at radius 2 is 1.87 bits per heavy atom. The first-order valence-electron chi connectivity index (χ1n) is 7.78. The first-order valence-corrected chi connectivity index (χ1v) is 7.78. The molecule has 1 aliphatic carbocycles. The number of nitrogens with one attached hydrogen (secondary N) is 2. The summed E-state index contributed by atoms with van der Waals surface area (Å²) in [7, 11) is 0. The maximum Gasteiger partial charge on any atom is 0.260 e. The zero-order valence-corrected chi connectivity index (χ0v) is 13.1. The molecule has 3 rings (SSSR count). The van der Waals surface area contributed by atoms with E-state index in [2.05, 4.69) is 5.32 Å². The lowest BCUT2D eigenvalue weighted by atomic mass is 9.63. The van der Waals surface area contributed by atoms with Gasteiger partial charge in [0.1, 0.15) is 11.6 Å². The number of rotatable bonds is 3. The van der Waals surface area contributed by atoms with E-state index in [4.69, 9.17) is 5.41 Å². The van der Waals surface area contributed by atoms with Crippen LogP contribution in [-0.4, -0.2) is 16.8 Å². The Kier molecular flexibility index (Phi) is 3.90. The fraction of sp³-hybridized carbons (Fsp3) is 0.263. The second-order valence-corrected chi connectivity index (χ2v) is 6.15. The maximum atomic E-state index is 12.4. The predicted octanol–water partition coefficient (Wildman–Crippen LogP) is 3.53. The van der Waals surface area contributed by atoms with Gasteiger partial charge in [-0.1, -0.05) is 48.4 Å². The van der Waals surface area contributed by atoms with Gasteiger partial charge in [-0.05, 0) is 37.5 Å². The number of hydrogen-bond donors (Lipinski definition) is 3. The number of amides is 1. The molecule has 2 aromatic rings. The van der Waals surface area contributed by atoms with E-state index in [1.165, 1.54) is 6.07 Å². The van der Waals surface area contributed by atoms with Crippen LogP contribution in [0.15, 0.2) is 48.5 Å². The van der Waals surface area contributed by atoms with Crippen molar-refractivity contribution in [1.82, 2.24) is 5.32 Å². The molecular weight excluding hydrogens is 288 g/mol. The number of aromatic hydroxyl groups is 1. The molecule has 0 spiro atoms. The van der Waals surface area contributed by atoms with Gasteiger partial charge in [0.15, 0.2) is 0 Å². The van der Waals surface area contributed by atoms with E-state index in [-0.39, 0.29) is 17.1 Å². The quantitative estimate of drug-likeness (QED) is 0.599. The SMILES string of the molecule is Cc1ccc(O)c(C(=O)NC(=N)C2(c3ccccc3)CCC2)c1. The van der Waals surface area contributed by atoms with Gasteiger partial charge >= 0.3 is 0 Å². The molecule has 0 heterocycles. The highest BCUT2D eigenvalue weighted by molar-refractivity contribution is 6.10. The number of amidine groups is 1. The second kappa shape index (κ2) is 5.88. The smallest absolute Gasteiger partial charge is 0.260 e. The van der Waals surface area contributed by atoms with Crippen molar-refractivity contribution in [2.24, 2.45) is 0 Å². The first kappa shape index (κ1) is 15.3. The topological polar surface area (TPSA) is 73.2 Å². The van der Waals surface area contributed by atoms with E-state index in [0.29, 0.717) is 0 Å². The Bertz CT molecular complexity index is 749. The van der Waals surface area contributed by atoms with Crippen LogP contribution in [0.4, 0.5) is 0 Å². The number of hydrogen-bond acceptors (Lipinski definition) is 3. The lowest BCUT2D eigenvalue weighted by Crippen LogP contribution is -2.50. The van der Waals surface area contributed by atoms with Crippen LogP contribution in [-0.2, 0) is 5.41 Å². The third-order valence-corrected chi connectivity index (χ3v) is 4.65. The lowest BCUT2D eigenvalue weighted by Gasteiger charge is -2.42. The Labute approximate surface area is 135 Å². The summed E-state index contributed by atoms with van der Waals surface area (Å²) in [6, 6.07) is 14.7. The Balaban J connectivity index is 1.83. The molecular formula is C19H20N2O2. The molecule has 0 saturated heterocycles. The monoisotopic (exact) mass is 308 g/mol. The zero-order valence-electron chi connectivity index (χ0n) is 13.1. The van der Waals surface area contributed by atoms with Crippen molar-refractivity contribution in [3.63, 3.8) is 0 Å². The average molecular weight is 308 g/mol. The van der Waals surface area contributed by atoms with Crippen LogP contribution in [0, 0.1) is 12.3 Å². The third kappa shape index (κ3) is 2.72. The van der Waals surface area contributed by atoms with E-state index in [0.717, 1.165) is 30.4 Å². The van der Waals surface area contributed by atoms with Crippen molar-refractivity contribution in [2.75, 3.05) is 0 Å². The highest BCUT2D eigenvalue weighted by Gasteiger charge is 2.43. The lowest BCUT2D eigenvalue weighted by molar-refractivity contribution is 0.0969. The first-order chi connectivity index (χ1) is 11.0. The molecule has 0 aliphatic heterocycles. The molecule has 4 heteroatoms. The van der Waals surface area contributed by atoms with Gasteiger partial charge in [-0.3, -0.25) is 10.2 Å². The van der Waals surface area contributed by atoms with Crippen molar-refractivity contribution >= 4 is 11.7 Å². The number of benzene rings is 2. The van der Waals surface area contributed by atoms with E-state index >= 15 is 0 Å². The van der Waals surface area contributed by atoms with Crippen molar-refractivity contribution in [1.29, 1.82) is 5.41 Å². The van der Waals surface area contributed by atoms with Gasteiger partial charge in [-0.2, -0.15) is 0 Å². The van der Waals surface area contributed by atoms with Crippen LogP contribution in [0.5, 0.6) is 5.75 Å². The summed E-state index contributed by atoms with van der Waals surface area (Å²) in [6.07, 6.45) is 2.76. The van der Waals surface area contributed by atoms with Gasteiger partial charge in [0.2, 0.25) is 0 Å². The fourth-order valence-corrected chi connectivity index (χ4v) is 3.10. The minimum atomic E-state index is -0.432. The molecule has 118 valence electrons. The highest BCUT2D eigenvalue weighted by Crippen LogP contribution is 2.44. The van der Waals surface area contributed by atoms with Crippen LogP contribution < -0.4 is 5.32 Å². The molecule has 0 unspecified atom stereocenters. The van der Waals surface area contributed by atoms with Crippen LogP contribution in [0.1, 0.15) is 40.7 Å². The van der Waals surface area contributed by atoms with E-state index in [1.54, 1.807) is 12.1 Å². The normalized spacial score (nSPS) is 15.5. The minimum absolute atomic E-state index is 0.0664. The summed E-state index contributed by atoms with van der Waals surface area (Å²) in [5.41, 5.74) is 1.75. The van der Waals surface area contributed by atoms with Crippen molar-refractivity contribution in [3.8, 4) is 5.75 Å². The minimum Gasteiger partial charge on any atom is -0.507 e. The van der Waals surface area contributed by atoms with Crippen LogP contribution >= 0.6 is 0 Å². The molecule has 2 aromatic carbocycles. The molecule has 1 saturated carbocycles. The summed E-state index contributed by atoms with van der Waals surface area (Å²) in [4.78, 5) is 12.4. The van der Waals surface area contributed by atoms with E-state index in [1.807, 2.05) is 37.3 Å². The average Bonchev–Trinajstić information content (AvgIpc) is 2.49. The summed E-state index contributed by atoms with van der Waals surface area (Å²) in [6.45, 7) is 1.86. The van der Waals surface area contributed by atoms with Gasteiger partial charge < -0.3 is 10.4 Å². The molecule has 1 aliphatic rings. The number of carbonyl (C=O) groups excluding carboxylic acids is 1. The fourth-order valence-electron chi connectivity index (χ4n) is 3.10. The van der Waals surface area contributed by atoms with Crippen molar-refractivity contribution < 1.29 is 9.90 Å². The number of carbonyl (C=O) groups is 1. The Morgan fingerprint density at radius 3 is 2.48 bits per heavy atom. The molecule has 3 N–H and O–H groups in total. The summed E-state index contributed by atoms with van der Waals surface area (Å²) in [5, 5.41) is 21.0. The molecule has 1 fully saturated rings. The van der Waals surface area contributed by atoms with Crippen molar-refractivity contribution in [3.05, 3.63) is 65.2 Å².